The van der Waals surface area contributed by atoms with Crippen molar-refractivity contribution in [1.29, 1.82) is 0 Å². The lowest BCUT2D eigenvalue weighted by Gasteiger charge is -2.41. The normalized spacial score (nSPS) is 18.9. The molecule has 0 bridgehead atoms. The molecule has 28 heavy (non-hydrogen) atoms. The van der Waals surface area contributed by atoms with Gasteiger partial charge in [0.05, 0.1) is 0 Å². The molecular formula is C27H40N+. The molecule has 0 atom stereocenters. The van der Waals surface area contributed by atoms with Gasteiger partial charge in [-0.05, 0) is 78.5 Å². The van der Waals surface area contributed by atoms with Crippen LogP contribution in [0.5, 0.6) is 0 Å². The third-order valence-electron chi connectivity index (χ3n) is 7.21. The van der Waals surface area contributed by atoms with E-state index in [-0.39, 0.29) is 5.41 Å². The maximum atomic E-state index is 2.48. The standard InChI is InChI=1S/C27H40N/c1-19-16-21(25(3,4)5)10-11-22(19)24-17-20(2)23(18-28(24)9)27(8)14-12-26(6,7)13-15-27/h10-11,16-18H,12-15H2,1-9H3/q+1. The Bertz CT molecular complexity index is 870. The number of hydrogen-bond acceptors (Lipinski definition) is 0. The zero-order chi connectivity index (χ0) is 20.9. The van der Waals surface area contributed by atoms with Crippen molar-refractivity contribution in [3.63, 3.8) is 0 Å². The SMILES string of the molecule is Cc1cc(C(C)(C)C)ccc1-c1cc(C)c(C2(C)CCC(C)(C)CC2)c[n+]1C. The van der Waals surface area contributed by atoms with Crippen molar-refractivity contribution in [2.75, 3.05) is 0 Å². The van der Waals surface area contributed by atoms with E-state index >= 15 is 0 Å². The molecule has 1 aromatic heterocycles. The molecule has 0 aliphatic heterocycles. The molecule has 1 aliphatic carbocycles. The highest BCUT2D eigenvalue weighted by atomic mass is 14.9. The molecule has 2 aromatic rings. The number of aryl methyl sites for hydroxylation is 3. The third-order valence-corrected chi connectivity index (χ3v) is 7.21. The van der Waals surface area contributed by atoms with Crippen molar-refractivity contribution in [2.24, 2.45) is 12.5 Å². The molecule has 1 nitrogen and oxygen atoms in total. The Morgan fingerprint density at radius 2 is 1.46 bits per heavy atom. The number of pyridine rings is 1. The van der Waals surface area contributed by atoms with E-state index < -0.39 is 0 Å². The minimum Gasteiger partial charge on any atom is -0.201 e. The van der Waals surface area contributed by atoms with Crippen molar-refractivity contribution in [3.05, 3.63) is 52.7 Å². The molecular weight excluding hydrogens is 338 g/mol. The Hall–Kier alpha value is -1.63. The smallest absolute Gasteiger partial charge is 0.201 e. The van der Waals surface area contributed by atoms with Gasteiger partial charge in [0.25, 0.3) is 0 Å². The summed E-state index contributed by atoms with van der Waals surface area (Å²) in [4.78, 5) is 0. The fraction of sp³-hybridized carbons (Fsp3) is 0.593. The van der Waals surface area contributed by atoms with E-state index in [2.05, 4.69) is 97.5 Å². The predicted molar refractivity (Wildman–Crippen MR) is 121 cm³/mol. The van der Waals surface area contributed by atoms with Crippen molar-refractivity contribution in [1.82, 2.24) is 0 Å². The summed E-state index contributed by atoms with van der Waals surface area (Å²) >= 11 is 0. The van der Waals surface area contributed by atoms with Crippen LogP contribution in [0.2, 0.25) is 0 Å². The van der Waals surface area contributed by atoms with Crippen LogP contribution in [0.25, 0.3) is 11.3 Å². The summed E-state index contributed by atoms with van der Waals surface area (Å²) in [6.45, 7) is 18.7. The van der Waals surface area contributed by atoms with Crippen LogP contribution in [0.4, 0.5) is 0 Å². The summed E-state index contributed by atoms with van der Waals surface area (Å²) in [5.74, 6) is 0. The van der Waals surface area contributed by atoms with Gasteiger partial charge in [0.15, 0.2) is 6.20 Å². The zero-order valence-electron chi connectivity index (χ0n) is 19.7. The number of hydrogen-bond donors (Lipinski definition) is 0. The lowest BCUT2D eigenvalue weighted by molar-refractivity contribution is -0.661. The van der Waals surface area contributed by atoms with Crippen LogP contribution < -0.4 is 4.57 Å². The average molecular weight is 379 g/mol. The van der Waals surface area contributed by atoms with Crippen molar-refractivity contribution in [3.8, 4) is 11.3 Å². The third kappa shape index (κ3) is 4.04. The molecule has 0 spiro atoms. The van der Waals surface area contributed by atoms with Crippen molar-refractivity contribution in [2.45, 2.75) is 91.9 Å². The Balaban J connectivity index is 2.00. The predicted octanol–water partition coefficient (Wildman–Crippen LogP) is 6.95. The van der Waals surface area contributed by atoms with Crippen LogP contribution in [0.1, 0.15) is 89.5 Å². The first-order valence-electron chi connectivity index (χ1n) is 10.9. The molecule has 3 rings (SSSR count). The first kappa shape index (κ1) is 21.1. The highest BCUT2D eigenvalue weighted by molar-refractivity contribution is 5.63. The van der Waals surface area contributed by atoms with Gasteiger partial charge in [-0.1, -0.05) is 53.7 Å². The van der Waals surface area contributed by atoms with Gasteiger partial charge in [-0.3, -0.25) is 0 Å². The van der Waals surface area contributed by atoms with E-state index in [1.807, 2.05) is 0 Å². The molecule has 0 amide bonds. The van der Waals surface area contributed by atoms with Crippen LogP contribution in [0.3, 0.4) is 0 Å². The number of nitrogens with zero attached hydrogens (tertiary/aromatic N) is 1. The van der Waals surface area contributed by atoms with E-state index in [1.54, 1.807) is 5.56 Å². The number of rotatable bonds is 2. The van der Waals surface area contributed by atoms with Gasteiger partial charge >= 0.3 is 0 Å². The van der Waals surface area contributed by atoms with E-state index in [4.69, 9.17) is 0 Å². The lowest BCUT2D eigenvalue weighted by atomic mass is 9.63. The van der Waals surface area contributed by atoms with Gasteiger partial charge in [-0.2, -0.15) is 0 Å². The van der Waals surface area contributed by atoms with Crippen LogP contribution in [-0.4, -0.2) is 0 Å². The second kappa shape index (κ2) is 7.01. The molecule has 1 fully saturated rings. The molecule has 1 heteroatoms. The Morgan fingerprint density at radius 3 is 2.00 bits per heavy atom. The molecule has 0 saturated heterocycles. The summed E-state index contributed by atoms with van der Waals surface area (Å²) in [5.41, 5.74) is 9.41. The van der Waals surface area contributed by atoms with E-state index in [0.717, 1.165) is 0 Å². The summed E-state index contributed by atoms with van der Waals surface area (Å²) in [6.07, 6.45) is 7.64. The molecule has 1 aromatic carbocycles. The topological polar surface area (TPSA) is 3.88 Å². The fourth-order valence-electron chi connectivity index (χ4n) is 4.81. The van der Waals surface area contributed by atoms with Gasteiger partial charge in [0, 0.05) is 17.2 Å². The van der Waals surface area contributed by atoms with Gasteiger partial charge < -0.3 is 0 Å². The van der Waals surface area contributed by atoms with Crippen molar-refractivity contribution < 1.29 is 4.57 Å². The maximum absolute atomic E-state index is 2.48. The number of benzene rings is 1. The molecule has 1 heterocycles. The van der Waals surface area contributed by atoms with Gasteiger partial charge in [0.1, 0.15) is 7.05 Å². The largest absolute Gasteiger partial charge is 0.212 e. The Kier molecular flexibility index (Phi) is 5.28. The molecule has 0 N–H and O–H groups in total. The molecule has 152 valence electrons. The summed E-state index contributed by atoms with van der Waals surface area (Å²) in [6, 6.07) is 9.40. The van der Waals surface area contributed by atoms with Crippen molar-refractivity contribution >= 4 is 0 Å². The first-order valence-corrected chi connectivity index (χ1v) is 10.9. The van der Waals surface area contributed by atoms with Gasteiger partial charge in [0.2, 0.25) is 5.69 Å². The van der Waals surface area contributed by atoms with E-state index in [9.17, 15) is 0 Å². The first-order chi connectivity index (χ1) is 12.8. The van der Waals surface area contributed by atoms with E-state index in [1.165, 1.54) is 53.6 Å². The second-order valence-corrected chi connectivity index (χ2v) is 11.4. The number of aromatic nitrogens is 1. The molecule has 0 unspecified atom stereocenters. The summed E-state index contributed by atoms with van der Waals surface area (Å²) < 4.78 is 2.35. The minimum atomic E-state index is 0.189. The van der Waals surface area contributed by atoms with Gasteiger partial charge in [-0.25, -0.2) is 4.57 Å². The zero-order valence-corrected chi connectivity index (χ0v) is 19.7. The lowest BCUT2D eigenvalue weighted by Crippen LogP contribution is -2.38. The highest BCUT2D eigenvalue weighted by Gasteiger charge is 2.38. The van der Waals surface area contributed by atoms with Crippen LogP contribution in [0, 0.1) is 19.3 Å². The molecule has 1 saturated carbocycles. The monoisotopic (exact) mass is 378 g/mol. The summed E-state index contributed by atoms with van der Waals surface area (Å²) in [7, 11) is 2.21. The highest BCUT2D eigenvalue weighted by Crippen LogP contribution is 2.47. The van der Waals surface area contributed by atoms with Gasteiger partial charge in [-0.15, -0.1) is 0 Å². The fourth-order valence-corrected chi connectivity index (χ4v) is 4.81. The average Bonchev–Trinajstić information content (AvgIpc) is 2.59. The van der Waals surface area contributed by atoms with Crippen LogP contribution >= 0.6 is 0 Å². The quantitative estimate of drug-likeness (QED) is 0.498. The van der Waals surface area contributed by atoms with E-state index in [0.29, 0.717) is 10.8 Å². The van der Waals surface area contributed by atoms with Crippen LogP contribution in [-0.2, 0) is 17.9 Å². The molecule has 1 aliphatic rings. The minimum absolute atomic E-state index is 0.189. The molecule has 0 radical (unpaired) electrons. The second-order valence-electron chi connectivity index (χ2n) is 11.4. The van der Waals surface area contributed by atoms with Crippen LogP contribution in [0.15, 0.2) is 30.5 Å². The Labute approximate surface area is 173 Å². The summed E-state index contributed by atoms with van der Waals surface area (Å²) in [5, 5.41) is 0. The Morgan fingerprint density at radius 1 is 0.857 bits per heavy atom. The maximum Gasteiger partial charge on any atom is 0.212 e.